The summed E-state index contributed by atoms with van der Waals surface area (Å²) in [6.07, 6.45) is 0.297. The Labute approximate surface area is 119 Å². The van der Waals surface area contributed by atoms with E-state index in [-0.39, 0.29) is 6.42 Å². The Morgan fingerprint density at radius 3 is 2.35 bits per heavy atom. The van der Waals surface area contributed by atoms with Gasteiger partial charge in [-0.3, -0.25) is 9.59 Å². The van der Waals surface area contributed by atoms with Gasteiger partial charge in [0.25, 0.3) is 0 Å². The predicted octanol–water partition coefficient (Wildman–Crippen LogP) is 2.67. The predicted molar refractivity (Wildman–Crippen MR) is 74.7 cm³/mol. The van der Waals surface area contributed by atoms with Crippen LogP contribution in [0, 0.1) is 17.2 Å². The summed E-state index contributed by atoms with van der Waals surface area (Å²) < 4.78 is 5.20. The minimum Gasteiger partial charge on any atom is -0.460 e. The molecule has 20 heavy (non-hydrogen) atoms. The fourth-order valence-electron chi connectivity index (χ4n) is 1.83. The summed E-state index contributed by atoms with van der Waals surface area (Å²) in [4.78, 5) is 23.4. The van der Waals surface area contributed by atoms with E-state index in [1.54, 1.807) is 26.8 Å². The van der Waals surface area contributed by atoms with Crippen molar-refractivity contribution in [2.75, 3.05) is 0 Å². The number of carbonyl (C=O) groups excluding carboxylic acids is 2. The van der Waals surface area contributed by atoms with Crippen LogP contribution in [0.1, 0.15) is 32.8 Å². The van der Waals surface area contributed by atoms with Crippen LogP contribution < -0.4 is 0 Å². The normalized spacial score (nSPS) is 12.3. The molecule has 0 aliphatic rings. The lowest BCUT2D eigenvalue weighted by molar-refractivity contribution is -0.156. The monoisotopic (exact) mass is 273 g/mol. The molecule has 1 aromatic rings. The van der Waals surface area contributed by atoms with Crippen molar-refractivity contribution in [1.29, 1.82) is 5.26 Å². The molecule has 0 aromatic heterocycles. The molecule has 0 spiro atoms. The summed E-state index contributed by atoms with van der Waals surface area (Å²) in [5, 5.41) is 8.78. The number of hydrogen-bond acceptors (Lipinski definition) is 4. The largest absolute Gasteiger partial charge is 0.460 e. The van der Waals surface area contributed by atoms with Crippen LogP contribution in [0.25, 0.3) is 0 Å². The lowest BCUT2D eigenvalue weighted by atomic mass is 9.92. The second kappa shape index (κ2) is 6.85. The molecule has 1 rings (SSSR count). The van der Waals surface area contributed by atoms with E-state index in [0.29, 0.717) is 6.42 Å². The van der Waals surface area contributed by atoms with Gasteiger partial charge in [0.15, 0.2) is 0 Å². The number of hydrogen-bond donors (Lipinski definition) is 0. The molecule has 0 amide bonds. The van der Waals surface area contributed by atoms with Crippen LogP contribution >= 0.6 is 0 Å². The highest BCUT2D eigenvalue weighted by molar-refractivity contribution is 5.97. The van der Waals surface area contributed by atoms with Gasteiger partial charge >= 0.3 is 5.97 Å². The van der Waals surface area contributed by atoms with Crippen molar-refractivity contribution in [1.82, 2.24) is 0 Å². The Morgan fingerprint density at radius 2 is 1.85 bits per heavy atom. The summed E-state index contributed by atoms with van der Waals surface area (Å²) in [5.41, 5.74) is 0.328. The molecule has 0 bridgehead atoms. The zero-order chi connectivity index (χ0) is 15.2. The van der Waals surface area contributed by atoms with E-state index in [1.165, 1.54) is 0 Å². The molecular weight excluding hydrogens is 254 g/mol. The average molecular weight is 273 g/mol. The molecule has 0 saturated heterocycles. The minimum absolute atomic E-state index is 0.0709. The molecule has 0 N–H and O–H groups in total. The zero-order valence-electron chi connectivity index (χ0n) is 12.1. The number of nitriles is 1. The van der Waals surface area contributed by atoms with Gasteiger partial charge in [0.1, 0.15) is 11.7 Å². The lowest BCUT2D eigenvalue weighted by Crippen LogP contribution is -2.27. The van der Waals surface area contributed by atoms with Gasteiger partial charge in [-0.15, -0.1) is 0 Å². The zero-order valence-corrected chi connectivity index (χ0v) is 12.1. The maximum absolute atomic E-state index is 11.8. The second-order valence-electron chi connectivity index (χ2n) is 5.65. The Morgan fingerprint density at radius 1 is 1.25 bits per heavy atom. The van der Waals surface area contributed by atoms with Gasteiger partial charge in [0.05, 0.1) is 6.42 Å². The molecule has 4 nitrogen and oxygen atoms in total. The van der Waals surface area contributed by atoms with Crippen molar-refractivity contribution < 1.29 is 14.3 Å². The van der Waals surface area contributed by atoms with Gasteiger partial charge in [0.2, 0.25) is 5.78 Å². The Kier molecular flexibility index (Phi) is 5.45. The van der Waals surface area contributed by atoms with E-state index in [9.17, 15) is 9.59 Å². The first kappa shape index (κ1) is 15.9. The molecular formula is C16H19NO3. The number of rotatable bonds is 5. The SMILES string of the molecule is CC(C)(C)OC(=O)C[C@@H](Cc1ccccc1)C(=O)C#N. The first-order valence-corrected chi connectivity index (χ1v) is 6.51. The van der Waals surface area contributed by atoms with Gasteiger partial charge in [-0.25, -0.2) is 0 Å². The van der Waals surface area contributed by atoms with Gasteiger partial charge in [-0.2, -0.15) is 5.26 Å². The number of nitrogens with zero attached hydrogens (tertiary/aromatic N) is 1. The number of ketones is 1. The average Bonchev–Trinajstić information content (AvgIpc) is 2.36. The first-order chi connectivity index (χ1) is 9.31. The number of Topliss-reactive ketones (excluding diaryl/α,β-unsaturated/α-hetero) is 1. The van der Waals surface area contributed by atoms with Crippen LogP contribution in [0.4, 0.5) is 0 Å². The minimum atomic E-state index is -0.655. The molecule has 4 heteroatoms. The highest BCUT2D eigenvalue weighted by atomic mass is 16.6. The molecule has 0 unspecified atom stereocenters. The maximum atomic E-state index is 11.8. The van der Waals surface area contributed by atoms with E-state index >= 15 is 0 Å². The van der Waals surface area contributed by atoms with Gasteiger partial charge in [0, 0.05) is 5.92 Å². The fraction of sp³-hybridized carbons (Fsp3) is 0.438. The summed E-state index contributed by atoms with van der Waals surface area (Å²) in [6, 6.07) is 10.9. The van der Waals surface area contributed by atoms with E-state index in [0.717, 1.165) is 5.56 Å². The van der Waals surface area contributed by atoms with Gasteiger partial charge < -0.3 is 4.74 Å². The maximum Gasteiger partial charge on any atom is 0.307 e. The van der Waals surface area contributed by atoms with Crippen molar-refractivity contribution >= 4 is 11.8 Å². The Bertz CT molecular complexity index is 509. The molecule has 0 radical (unpaired) electrons. The fourth-order valence-corrected chi connectivity index (χ4v) is 1.83. The summed E-state index contributed by atoms with van der Waals surface area (Å²) in [5.74, 6) is -1.70. The molecule has 0 saturated carbocycles. The number of carbonyl (C=O) groups is 2. The van der Waals surface area contributed by atoms with Crippen molar-refractivity contribution in [3.8, 4) is 6.07 Å². The quantitative estimate of drug-likeness (QED) is 0.611. The second-order valence-corrected chi connectivity index (χ2v) is 5.65. The van der Waals surface area contributed by atoms with Crippen LogP contribution in [0.3, 0.4) is 0 Å². The van der Waals surface area contributed by atoms with Crippen LogP contribution in [-0.4, -0.2) is 17.4 Å². The third-order valence-corrected chi connectivity index (χ3v) is 2.64. The van der Waals surface area contributed by atoms with E-state index in [4.69, 9.17) is 10.00 Å². The molecule has 0 aliphatic carbocycles. The summed E-state index contributed by atoms with van der Waals surface area (Å²) in [7, 11) is 0. The van der Waals surface area contributed by atoms with Crippen LogP contribution in [0.2, 0.25) is 0 Å². The van der Waals surface area contributed by atoms with Crippen molar-refractivity contribution in [3.05, 3.63) is 35.9 Å². The van der Waals surface area contributed by atoms with E-state index in [1.807, 2.05) is 30.3 Å². The van der Waals surface area contributed by atoms with E-state index in [2.05, 4.69) is 0 Å². The molecule has 0 aliphatic heterocycles. The number of esters is 1. The summed E-state index contributed by atoms with van der Waals surface area (Å²) >= 11 is 0. The van der Waals surface area contributed by atoms with Crippen LogP contribution in [0.5, 0.6) is 0 Å². The highest BCUT2D eigenvalue weighted by Gasteiger charge is 2.25. The molecule has 0 heterocycles. The Balaban J connectivity index is 2.74. The van der Waals surface area contributed by atoms with Crippen molar-refractivity contribution in [2.24, 2.45) is 5.92 Å². The highest BCUT2D eigenvalue weighted by Crippen LogP contribution is 2.17. The lowest BCUT2D eigenvalue weighted by Gasteiger charge is -2.21. The van der Waals surface area contributed by atoms with Gasteiger partial charge in [-0.1, -0.05) is 30.3 Å². The number of benzene rings is 1. The standard InChI is InChI=1S/C16H19NO3/c1-16(2,3)20-15(19)10-13(14(18)11-17)9-12-7-5-4-6-8-12/h4-8,13H,9-10H2,1-3H3/t13-/m1/s1. The third kappa shape index (κ3) is 5.66. The number of ether oxygens (including phenoxy) is 1. The topological polar surface area (TPSA) is 67.2 Å². The smallest absolute Gasteiger partial charge is 0.307 e. The van der Waals surface area contributed by atoms with Crippen LogP contribution in [-0.2, 0) is 20.7 Å². The van der Waals surface area contributed by atoms with E-state index < -0.39 is 23.3 Å². The first-order valence-electron chi connectivity index (χ1n) is 6.51. The Hall–Kier alpha value is -2.15. The molecule has 1 aromatic carbocycles. The van der Waals surface area contributed by atoms with Crippen molar-refractivity contribution in [2.45, 2.75) is 39.2 Å². The van der Waals surface area contributed by atoms with Crippen molar-refractivity contribution in [3.63, 3.8) is 0 Å². The molecule has 106 valence electrons. The molecule has 1 atom stereocenters. The summed E-state index contributed by atoms with van der Waals surface area (Å²) in [6.45, 7) is 5.30. The van der Waals surface area contributed by atoms with Gasteiger partial charge in [-0.05, 0) is 32.8 Å². The third-order valence-electron chi connectivity index (χ3n) is 2.64. The van der Waals surface area contributed by atoms with Crippen LogP contribution in [0.15, 0.2) is 30.3 Å². The molecule has 0 fully saturated rings.